The van der Waals surface area contributed by atoms with E-state index >= 15 is 0 Å². The number of unbranched alkanes of at least 4 members (excludes halogenated alkanes) is 1. The third kappa shape index (κ3) is 3.23. The Bertz CT molecular complexity index is 502. The van der Waals surface area contributed by atoms with E-state index < -0.39 is 0 Å². The normalized spacial score (nSPS) is 19.4. The summed E-state index contributed by atoms with van der Waals surface area (Å²) in [4.78, 5) is 14.6. The van der Waals surface area contributed by atoms with Crippen LogP contribution in [0.5, 0.6) is 0 Å². The highest BCUT2D eigenvalue weighted by Crippen LogP contribution is 2.28. The van der Waals surface area contributed by atoms with Crippen LogP contribution in [-0.2, 0) is 6.54 Å². The third-order valence-corrected chi connectivity index (χ3v) is 4.64. The molecule has 0 spiro atoms. The van der Waals surface area contributed by atoms with Crippen molar-refractivity contribution in [1.82, 2.24) is 9.78 Å². The molecule has 0 radical (unpaired) electrons. The van der Waals surface area contributed by atoms with Crippen LogP contribution in [0.15, 0.2) is 15.5 Å². The van der Waals surface area contributed by atoms with Gasteiger partial charge in [-0.15, -0.1) is 0 Å². The standard InChI is InChI=1S/C14H23BrN4O/c1-2-3-8-19-14(20)13(15)12(10-17-19)18-7-5-4-6-11(18)9-16/h10-11H,2-9,16H2,1H3. The van der Waals surface area contributed by atoms with Gasteiger partial charge in [-0.25, -0.2) is 4.68 Å². The molecule has 6 heteroatoms. The average molecular weight is 343 g/mol. The van der Waals surface area contributed by atoms with E-state index in [4.69, 9.17) is 5.73 Å². The molecular formula is C14H23BrN4O. The summed E-state index contributed by atoms with van der Waals surface area (Å²) in [6.45, 7) is 4.34. The quantitative estimate of drug-likeness (QED) is 0.890. The number of hydrogen-bond donors (Lipinski definition) is 1. The van der Waals surface area contributed by atoms with Crippen LogP contribution in [0.4, 0.5) is 5.69 Å². The molecule has 1 unspecified atom stereocenters. The van der Waals surface area contributed by atoms with E-state index in [0.717, 1.165) is 37.9 Å². The van der Waals surface area contributed by atoms with Crippen LogP contribution in [0, 0.1) is 0 Å². The van der Waals surface area contributed by atoms with Crippen LogP contribution < -0.4 is 16.2 Å². The summed E-state index contributed by atoms with van der Waals surface area (Å²) in [5, 5.41) is 4.31. The van der Waals surface area contributed by atoms with Crippen molar-refractivity contribution in [3.63, 3.8) is 0 Å². The van der Waals surface area contributed by atoms with Gasteiger partial charge in [-0.2, -0.15) is 5.10 Å². The van der Waals surface area contributed by atoms with Gasteiger partial charge in [0.15, 0.2) is 0 Å². The van der Waals surface area contributed by atoms with Crippen molar-refractivity contribution in [2.75, 3.05) is 18.0 Å². The van der Waals surface area contributed by atoms with Crippen molar-refractivity contribution < 1.29 is 0 Å². The minimum atomic E-state index is -0.0442. The van der Waals surface area contributed by atoms with E-state index in [1.54, 1.807) is 10.9 Å². The fraction of sp³-hybridized carbons (Fsp3) is 0.714. The van der Waals surface area contributed by atoms with Crippen molar-refractivity contribution in [2.45, 2.75) is 51.6 Å². The molecule has 0 aromatic carbocycles. The molecule has 0 bridgehead atoms. The van der Waals surface area contributed by atoms with Crippen molar-refractivity contribution >= 4 is 21.6 Å². The molecule has 0 aliphatic carbocycles. The fourth-order valence-electron chi connectivity index (χ4n) is 2.69. The van der Waals surface area contributed by atoms with E-state index in [1.807, 2.05) is 0 Å². The molecule has 0 saturated carbocycles. The van der Waals surface area contributed by atoms with Gasteiger partial charge >= 0.3 is 0 Å². The molecule has 1 aromatic rings. The largest absolute Gasteiger partial charge is 0.365 e. The Morgan fingerprint density at radius 2 is 2.30 bits per heavy atom. The van der Waals surface area contributed by atoms with E-state index in [9.17, 15) is 4.79 Å². The van der Waals surface area contributed by atoms with Crippen LogP contribution in [0.1, 0.15) is 39.0 Å². The van der Waals surface area contributed by atoms with Gasteiger partial charge in [-0.1, -0.05) is 13.3 Å². The number of hydrogen-bond acceptors (Lipinski definition) is 4. The van der Waals surface area contributed by atoms with Gasteiger partial charge in [-0.3, -0.25) is 4.79 Å². The zero-order chi connectivity index (χ0) is 14.5. The van der Waals surface area contributed by atoms with E-state index in [0.29, 0.717) is 23.6 Å². The van der Waals surface area contributed by atoms with Crippen molar-refractivity contribution in [3.05, 3.63) is 21.0 Å². The van der Waals surface area contributed by atoms with Crippen molar-refractivity contribution in [2.24, 2.45) is 5.73 Å². The predicted molar refractivity (Wildman–Crippen MR) is 85.1 cm³/mol. The fourth-order valence-corrected chi connectivity index (χ4v) is 3.22. The molecule has 1 aliphatic rings. The lowest BCUT2D eigenvalue weighted by Crippen LogP contribution is -2.45. The van der Waals surface area contributed by atoms with Crippen LogP contribution >= 0.6 is 15.9 Å². The minimum absolute atomic E-state index is 0.0442. The molecule has 0 amide bonds. The Balaban J connectivity index is 2.28. The van der Waals surface area contributed by atoms with Crippen LogP contribution in [0.3, 0.4) is 0 Å². The molecule has 2 N–H and O–H groups in total. The van der Waals surface area contributed by atoms with Crippen molar-refractivity contribution in [3.8, 4) is 0 Å². The summed E-state index contributed by atoms with van der Waals surface area (Å²) in [7, 11) is 0. The Kier molecular flexibility index (Phi) is 5.60. The summed E-state index contributed by atoms with van der Waals surface area (Å²) in [5.74, 6) is 0. The zero-order valence-electron chi connectivity index (χ0n) is 12.0. The van der Waals surface area contributed by atoms with Crippen LogP contribution in [0.2, 0.25) is 0 Å². The molecule has 1 fully saturated rings. The van der Waals surface area contributed by atoms with Gasteiger partial charge < -0.3 is 10.6 Å². The number of halogens is 1. The molecule has 2 rings (SSSR count). The van der Waals surface area contributed by atoms with E-state index in [2.05, 4.69) is 32.9 Å². The smallest absolute Gasteiger partial charge is 0.283 e. The lowest BCUT2D eigenvalue weighted by molar-refractivity contribution is 0.461. The summed E-state index contributed by atoms with van der Waals surface area (Å²) in [6.07, 6.45) is 7.25. The summed E-state index contributed by atoms with van der Waals surface area (Å²) < 4.78 is 2.15. The number of aromatic nitrogens is 2. The number of aryl methyl sites for hydroxylation is 1. The minimum Gasteiger partial charge on any atom is -0.365 e. The lowest BCUT2D eigenvalue weighted by atomic mass is 10.0. The first-order valence-corrected chi connectivity index (χ1v) is 8.20. The lowest BCUT2D eigenvalue weighted by Gasteiger charge is -2.37. The molecule has 1 saturated heterocycles. The van der Waals surface area contributed by atoms with Gasteiger partial charge in [-0.05, 0) is 41.6 Å². The second-order valence-electron chi connectivity index (χ2n) is 5.30. The molecular weight excluding hydrogens is 320 g/mol. The molecule has 1 aliphatic heterocycles. The number of nitrogens with zero attached hydrogens (tertiary/aromatic N) is 3. The molecule has 20 heavy (non-hydrogen) atoms. The van der Waals surface area contributed by atoms with Gasteiger partial charge in [0.25, 0.3) is 5.56 Å². The van der Waals surface area contributed by atoms with Crippen molar-refractivity contribution in [1.29, 1.82) is 0 Å². The Morgan fingerprint density at radius 1 is 1.50 bits per heavy atom. The third-order valence-electron chi connectivity index (χ3n) is 3.90. The maximum absolute atomic E-state index is 12.3. The first kappa shape index (κ1) is 15.5. The molecule has 2 heterocycles. The average Bonchev–Trinajstić information content (AvgIpc) is 2.49. The molecule has 5 nitrogen and oxygen atoms in total. The number of anilines is 1. The highest BCUT2D eigenvalue weighted by atomic mass is 79.9. The highest BCUT2D eigenvalue weighted by Gasteiger charge is 2.24. The maximum atomic E-state index is 12.3. The first-order valence-electron chi connectivity index (χ1n) is 7.41. The second kappa shape index (κ2) is 7.22. The summed E-state index contributed by atoms with van der Waals surface area (Å²) in [5.41, 5.74) is 6.70. The highest BCUT2D eigenvalue weighted by molar-refractivity contribution is 9.10. The van der Waals surface area contributed by atoms with Gasteiger partial charge in [0.05, 0.1) is 11.9 Å². The first-order chi connectivity index (χ1) is 9.69. The molecule has 1 atom stereocenters. The van der Waals surface area contributed by atoms with Gasteiger partial charge in [0, 0.05) is 25.7 Å². The maximum Gasteiger partial charge on any atom is 0.283 e. The van der Waals surface area contributed by atoms with E-state index in [1.165, 1.54) is 6.42 Å². The Labute approximate surface area is 128 Å². The Morgan fingerprint density at radius 3 is 3.00 bits per heavy atom. The zero-order valence-corrected chi connectivity index (χ0v) is 13.6. The Hall–Kier alpha value is -0.880. The van der Waals surface area contributed by atoms with Gasteiger partial charge in [0.2, 0.25) is 0 Å². The van der Waals surface area contributed by atoms with E-state index in [-0.39, 0.29) is 5.56 Å². The summed E-state index contributed by atoms with van der Waals surface area (Å²) >= 11 is 3.46. The second-order valence-corrected chi connectivity index (χ2v) is 6.10. The predicted octanol–water partition coefficient (Wildman–Crippen LogP) is 2.12. The molecule has 1 aromatic heterocycles. The SMILES string of the molecule is CCCCn1ncc(N2CCCCC2CN)c(Br)c1=O. The summed E-state index contributed by atoms with van der Waals surface area (Å²) in [6, 6.07) is 0.313. The van der Waals surface area contributed by atoms with Crippen LogP contribution in [0.25, 0.3) is 0 Å². The van der Waals surface area contributed by atoms with Crippen LogP contribution in [-0.4, -0.2) is 28.9 Å². The number of piperidine rings is 1. The number of nitrogens with two attached hydrogens (primary N) is 1. The molecule has 112 valence electrons. The topological polar surface area (TPSA) is 64.2 Å². The monoisotopic (exact) mass is 342 g/mol. The number of rotatable bonds is 5. The van der Waals surface area contributed by atoms with Gasteiger partial charge in [0.1, 0.15) is 4.47 Å².